The Labute approximate surface area is 106 Å². The molecule has 1 aromatic rings. The van der Waals surface area contributed by atoms with E-state index in [1.165, 1.54) is 0 Å². The van der Waals surface area contributed by atoms with Gasteiger partial charge in [-0.25, -0.2) is 0 Å². The third-order valence-electron chi connectivity index (χ3n) is 2.45. The Bertz CT molecular complexity index is 390. The molecular formula is C12H21N3OS. The summed E-state index contributed by atoms with van der Waals surface area (Å²) >= 11 is -1.10. The summed E-state index contributed by atoms with van der Waals surface area (Å²) in [5.41, 5.74) is 13.5. The largest absolute Gasteiger partial charge is 0.598 e. The normalized spacial score (nSPS) is 15.6. The molecule has 0 fully saturated rings. The highest BCUT2D eigenvalue weighted by atomic mass is 32.2. The van der Waals surface area contributed by atoms with Gasteiger partial charge in [-0.3, -0.25) is 0 Å². The van der Waals surface area contributed by atoms with Gasteiger partial charge in [-0.1, -0.05) is 6.07 Å². The number of nitrogens with two attached hydrogens (primary N) is 2. The molecule has 0 aromatic heterocycles. The second kappa shape index (κ2) is 5.16. The summed E-state index contributed by atoms with van der Waals surface area (Å²) in [4.78, 5) is 0. The Morgan fingerprint density at radius 1 is 1.24 bits per heavy atom. The third kappa shape index (κ3) is 3.80. The summed E-state index contributed by atoms with van der Waals surface area (Å²) in [6.45, 7) is 7.75. The molecule has 0 amide bonds. The monoisotopic (exact) mass is 255 g/mol. The Morgan fingerprint density at radius 2 is 1.82 bits per heavy atom. The molecule has 1 unspecified atom stereocenters. The molecule has 0 radical (unpaired) electrons. The zero-order valence-corrected chi connectivity index (χ0v) is 11.6. The van der Waals surface area contributed by atoms with Gasteiger partial charge < -0.3 is 16.0 Å². The van der Waals surface area contributed by atoms with Gasteiger partial charge in [0.05, 0.1) is 17.4 Å². The predicted octanol–water partition coefficient (Wildman–Crippen LogP) is 1.96. The summed E-state index contributed by atoms with van der Waals surface area (Å²) in [7, 11) is 0. The van der Waals surface area contributed by atoms with Crippen molar-refractivity contribution in [2.45, 2.75) is 38.5 Å². The first-order chi connectivity index (χ1) is 7.71. The lowest BCUT2D eigenvalue weighted by Crippen LogP contribution is -2.40. The Balaban J connectivity index is 2.76. The maximum absolute atomic E-state index is 11.9. The van der Waals surface area contributed by atoms with E-state index < -0.39 is 11.4 Å². The van der Waals surface area contributed by atoms with Crippen LogP contribution in [0, 0.1) is 0 Å². The van der Waals surface area contributed by atoms with Crippen molar-refractivity contribution in [1.29, 1.82) is 0 Å². The Kier molecular flexibility index (Phi) is 4.30. The summed E-state index contributed by atoms with van der Waals surface area (Å²) in [5.74, 6) is 0. The number of hydrogen-bond acceptors (Lipinski definition) is 4. The standard InChI is InChI=1S/C12H21N3OS/c1-8(15-17(16)12(2,3)4)9-5-6-10(13)11(14)7-9/h5-8,15H,13-14H2,1-4H3/t8?,17-/m0/s1. The van der Waals surface area contributed by atoms with Crippen LogP contribution in [0.3, 0.4) is 0 Å². The molecule has 0 spiro atoms. The Morgan fingerprint density at radius 3 is 2.29 bits per heavy atom. The van der Waals surface area contributed by atoms with Crippen LogP contribution in [0.4, 0.5) is 11.4 Å². The van der Waals surface area contributed by atoms with Crippen LogP contribution in [0.5, 0.6) is 0 Å². The molecule has 1 aromatic carbocycles. The van der Waals surface area contributed by atoms with Crippen molar-refractivity contribution in [3.8, 4) is 0 Å². The second-order valence-electron chi connectivity index (χ2n) is 5.11. The lowest BCUT2D eigenvalue weighted by atomic mass is 10.1. The highest BCUT2D eigenvalue weighted by molar-refractivity contribution is 7.90. The number of rotatable bonds is 3. The molecule has 0 aliphatic rings. The topological polar surface area (TPSA) is 87.1 Å². The molecule has 0 aliphatic heterocycles. The maximum atomic E-state index is 11.9. The van der Waals surface area contributed by atoms with Crippen LogP contribution in [-0.4, -0.2) is 9.30 Å². The minimum Gasteiger partial charge on any atom is -0.598 e. The first kappa shape index (κ1) is 14.2. The van der Waals surface area contributed by atoms with Crippen LogP contribution in [0.2, 0.25) is 0 Å². The number of hydrogen-bond donors (Lipinski definition) is 3. The van der Waals surface area contributed by atoms with E-state index in [0.29, 0.717) is 11.4 Å². The lowest BCUT2D eigenvalue weighted by Gasteiger charge is -2.26. The molecular weight excluding hydrogens is 234 g/mol. The van der Waals surface area contributed by atoms with Gasteiger partial charge in [-0.2, -0.15) is 0 Å². The maximum Gasteiger partial charge on any atom is 0.136 e. The molecule has 0 bridgehead atoms. The molecule has 2 atom stereocenters. The van der Waals surface area contributed by atoms with Crippen LogP contribution < -0.4 is 16.2 Å². The van der Waals surface area contributed by atoms with E-state index in [-0.39, 0.29) is 10.8 Å². The number of nitrogen functional groups attached to an aromatic ring is 2. The van der Waals surface area contributed by atoms with Crippen molar-refractivity contribution < 1.29 is 4.55 Å². The van der Waals surface area contributed by atoms with E-state index in [0.717, 1.165) is 5.56 Å². The molecule has 96 valence electrons. The minimum atomic E-state index is -1.10. The van der Waals surface area contributed by atoms with Gasteiger partial charge in [0, 0.05) is 11.4 Å². The van der Waals surface area contributed by atoms with Gasteiger partial charge in [0.15, 0.2) is 0 Å². The number of benzene rings is 1. The molecule has 0 saturated carbocycles. The smallest absolute Gasteiger partial charge is 0.136 e. The summed E-state index contributed by atoms with van der Waals surface area (Å²) in [5, 5.41) is 0. The average Bonchev–Trinajstić information content (AvgIpc) is 2.20. The van der Waals surface area contributed by atoms with E-state index in [1.54, 1.807) is 6.07 Å². The molecule has 0 heterocycles. The quantitative estimate of drug-likeness (QED) is 0.569. The zero-order chi connectivity index (χ0) is 13.2. The Hall–Kier alpha value is -0.910. The van der Waals surface area contributed by atoms with E-state index in [1.807, 2.05) is 39.8 Å². The van der Waals surface area contributed by atoms with E-state index in [9.17, 15) is 4.55 Å². The zero-order valence-electron chi connectivity index (χ0n) is 10.8. The van der Waals surface area contributed by atoms with E-state index in [4.69, 9.17) is 11.5 Å². The van der Waals surface area contributed by atoms with Crippen molar-refractivity contribution in [1.82, 2.24) is 4.72 Å². The average molecular weight is 255 g/mol. The first-order valence-electron chi connectivity index (χ1n) is 5.54. The number of nitrogens with one attached hydrogen (secondary N) is 1. The summed E-state index contributed by atoms with van der Waals surface area (Å²) in [6.07, 6.45) is 0. The van der Waals surface area contributed by atoms with Crippen molar-refractivity contribution in [3.05, 3.63) is 23.8 Å². The molecule has 5 N–H and O–H groups in total. The number of anilines is 2. The fourth-order valence-electron chi connectivity index (χ4n) is 1.27. The van der Waals surface area contributed by atoms with Gasteiger partial charge >= 0.3 is 0 Å². The molecule has 0 aliphatic carbocycles. The second-order valence-corrected chi connectivity index (χ2v) is 7.11. The molecule has 4 nitrogen and oxygen atoms in total. The van der Waals surface area contributed by atoms with Gasteiger partial charge in [0.25, 0.3) is 0 Å². The van der Waals surface area contributed by atoms with E-state index in [2.05, 4.69) is 4.72 Å². The van der Waals surface area contributed by atoms with Gasteiger partial charge in [0.2, 0.25) is 0 Å². The van der Waals surface area contributed by atoms with Crippen molar-refractivity contribution in [3.63, 3.8) is 0 Å². The van der Waals surface area contributed by atoms with Crippen LogP contribution in [0.1, 0.15) is 39.3 Å². The third-order valence-corrected chi connectivity index (χ3v) is 4.13. The van der Waals surface area contributed by atoms with Gasteiger partial charge in [-0.15, -0.1) is 4.72 Å². The van der Waals surface area contributed by atoms with Crippen molar-refractivity contribution >= 4 is 22.7 Å². The molecule has 0 saturated heterocycles. The lowest BCUT2D eigenvalue weighted by molar-refractivity contribution is 0.531. The summed E-state index contributed by atoms with van der Waals surface area (Å²) < 4.78 is 14.7. The fraction of sp³-hybridized carbons (Fsp3) is 0.500. The molecule has 17 heavy (non-hydrogen) atoms. The van der Waals surface area contributed by atoms with E-state index >= 15 is 0 Å². The predicted molar refractivity (Wildman–Crippen MR) is 74.7 cm³/mol. The molecule has 1 rings (SSSR count). The molecule has 5 heteroatoms. The SMILES string of the molecule is CC(N[S@@+]([O-])C(C)(C)C)c1ccc(N)c(N)c1. The highest BCUT2D eigenvalue weighted by Gasteiger charge is 2.28. The van der Waals surface area contributed by atoms with Crippen LogP contribution in [-0.2, 0) is 11.4 Å². The van der Waals surface area contributed by atoms with Crippen LogP contribution in [0.15, 0.2) is 18.2 Å². The fourth-order valence-corrected chi connectivity index (χ4v) is 2.08. The van der Waals surface area contributed by atoms with Gasteiger partial charge in [-0.05, 0) is 45.4 Å². The van der Waals surface area contributed by atoms with Crippen LogP contribution in [0.25, 0.3) is 0 Å². The van der Waals surface area contributed by atoms with Crippen LogP contribution >= 0.6 is 0 Å². The van der Waals surface area contributed by atoms with Crippen molar-refractivity contribution in [2.24, 2.45) is 0 Å². The van der Waals surface area contributed by atoms with Crippen molar-refractivity contribution in [2.75, 3.05) is 11.5 Å². The first-order valence-corrected chi connectivity index (χ1v) is 6.69. The highest BCUT2D eigenvalue weighted by Crippen LogP contribution is 2.23. The van der Waals surface area contributed by atoms with Gasteiger partial charge in [0.1, 0.15) is 4.75 Å². The summed E-state index contributed by atoms with van der Waals surface area (Å²) in [6, 6.07) is 5.44. The minimum absolute atomic E-state index is 0.0297.